The molecule has 3 rings (SSSR count). The van der Waals surface area contributed by atoms with Gasteiger partial charge in [0.15, 0.2) is 9.84 Å². The molecular weight excluding hydrogens is 459 g/mol. The van der Waals surface area contributed by atoms with Gasteiger partial charge in [-0.25, -0.2) is 25.9 Å². The standard InChI is InChI=1S/C21H21FN2O6S2/c1-29-17-7-10-20(19(12-17)30-2)32(27,28)24-14-21(15-4-3-11-23-13-15)31(25,26)18-8-5-16(22)6-9-18/h3-13,21,24H,14H2,1-2H3. The van der Waals surface area contributed by atoms with Gasteiger partial charge in [0, 0.05) is 25.0 Å². The molecule has 0 spiro atoms. The molecule has 0 aliphatic heterocycles. The van der Waals surface area contributed by atoms with Gasteiger partial charge >= 0.3 is 0 Å². The van der Waals surface area contributed by atoms with Gasteiger partial charge in [0.05, 0.1) is 19.1 Å². The number of nitrogens with one attached hydrogen (secondary N) is 1. The summed E-state index contributed by atoms with van der Waals surface area (Å²) in [5.41, 5.74) is 0.279. The molecule has 1 unspecified atom stereocenters. The Hall–Kier alpha value is -3.02. The largest absolute Gasteiger partial charge is 0.497 e. The second-order valence-electron chi connectivity index (χ2n) is 6.64. The number of hydrogen-bond acceptors (Lipinski definition) is 7. The van der Waals surface area contributed by atoms with E-state index in [9.17, 15) is 21.2 Å². The van der Waals surface area contributed by atoms with Gasteiger partial charge in [-0.05, 0) is 48.0 Å². The highest BCUT2D eigenvalue weighted by atomic mass is 32.2. The third-order valence-electron chi connectivity index (χ3n) is 4.69. The molecule has 0 aliphatic rings. The summed E-state index contributed by atoms with van der Waals surface area (Å²) in [6, 6.07) is 11.6. The summed E-state index contributed by atoms with van der Waals surface area (Å²) in [5.74, 6) is -0.154. The van der Waals surface area contributed by atoms with Crippen LogP contribution in [0, 0.1) is 5.82 Å². The lowest BCUT2D eigenvalue weighted by molar-refractivity contribution is 0.386. The maximum Gasteiger partial charge on any atom is 0.244 e. The molecule has 0 saturated heterocycles. The molecule has 1 heterocycles. The van der Waals surface area contributed by atoms with Crippen LogP contribution in [0.3, 0.4) is 0 Å². The SMILES string of the molecule is COc1ccc(S(=O)(=O)NCC(c2cccnc2)S(=O)(=O)c2ccc(F)cc2)c(OC)c1. The predicted octanol–water partition coefficient (Wildman–Crippen LogP) is 2.73. The summed E-state index contributed by atoms with van der Waals surface area (Å²) >= 11 is 0. The Labute approximate surface area is 186 Å². The maximum atomic E-state index is 13.3. The zero-order chi connectivity index (χ0) is 23.4. The Morgan fingerprint density at radius 1 is 1.00 bits per heavy atom. The average Bonchev–Trinajstić information content (AvgIpc) is 2.79. The molecule has 11 heteroatoms. The second kappa shape index (κ2) is 9.63. The van der Waals surface area contributed by atoms with Gasteiger partial charge in [-0.3, -0.25) is 4.98 Å². The van der Waals surface area contributed by atoms with E-state index in [1.165, 1.54) is 50.9 Å². The van der Waals surface area contributed by atoms with Crippen LogP contribution >= 0.6 is 0 Å². The van der Waals surface area contributed by atoms with Gasteiger partial charge in [0.2, 0.25) is 10.0 Å². The molecular formula is C21H21FN2O6S2. The first-order valence-electron chi connectivity index (χ1n) is 9.30. The monoisotopic (exact) mass is 480 g/mol. The van der Waals surface area contributed by atoms with Crippen molar-refractivity contribution in [2.75, 3.05) is 20.8 Å². The molecule has 0 bridgehead atoms. The normalized spacial score (nSPS) is 12.8. The minimum absolute atomic E-state index is 0.0381. The molecule has 2 aromatic carbocycles. The smallest absolute Gasteiger partial charge is 0.244 e. The van der Waals surface area contributed by atoms with E-state index in [4.69, 9.17) is 9.47 Å². The predicted molar refractivity (Wildman–Crippen MR) is 115 cm³/mol. The van der Waals surface area contributed by atoms with E-state index in [1.807, 2.05) is 0 Å². The number of methoxy groups -OCH3 is 2. The molecule has 32 heavy (non-hydrogen) atoms. The number of rotatable bonds is 9. The lowest BCUT2D eigenvalue weighted by Gasteiger charge is -2.19. The van der Waals surface area contributed by atoms with Crippen molar-refractivity contribution in [2.45, 2.75) is 15.0 Å². The molecule has 0 radical (unpaired) electrons. The average molecular weight is 481 g/mol. The summed E-state index contributed by atoms with van der Waals surface area (Å²) in [6.45, 7) is -0.483. The molecule has 1 aromatic heterocycles. The van der Waals surface area contributed by atoms with Crippen LogP contribution in [-0.4, -0.2) is 42.6 Å². The molecule has 3 aromatic rings. The maximum absolute atomic E-state index is 13.3. The quantitative estimate of drug-likeness (QED) is 0.469. The Morgan fingerprint density at radius 2 is 1.72 bits per heavy atom. The highest BCUT2D eigenvalue weighted by Gasteiger charge is 2.32. The Kier molecular flexibility index (Phi) is 7.12. The third-order valence-corrected chi connectivity index (χ3v) is 8.27. The number of nitrogens with zero attached hydrogens (tertiary/aromatic N) is 1. The molecule has 0 fully saturated rings. The van der Waals surface area contributed by atoms with E-state index in [0.29, 0.717) is 5.75 Å². The molecule has 8 nitrogen and oxygen atoms in total. The van der Waals surface area contributed by atoms with Crippen LogP contribution in [0.25, 0.3) is 0 Å². The fourth-order valence-corrected chi connectivity index (χ4v) is 5.97. The molecule has 1 N–H and O–H groups in total. The number of pyridine rings is 1. The van der Waals surface area contributed by atoms with Gasteiger partial charge in [-0.15, -0.1) is 0 Å². The summed E-state index contributed by atoms with van der Waals surface area (Å²) in [7, 11) is -5.50. The zero-order valence-corrected chi connectivity index (χ0v) is 18.9. The van der Waals surface area contributed by atoms with Crippen LogP contribution in [-0.2, 0) is 19.9 Å². The lowest BCUT2D eigenvalue weighted by Crippen LogP contribution is -2.32. The van der Waals surface area contributed by atoms with Gasteiger partial charge in [0.25, 0.3) is 0 Å². The molecule has 0 amide bonds. The van der Waals surface area contributed by atoms with Crippen molar-refractivity contribution < 1.29 is 30.7 Å². The van der Waals surface area contributed by atoms with Crippen LogP contribution in [0.4, 0.5) is 4.39 Å². The number of aromatic nitrogens is 1. The Morgan fingerprint density at radius 3 is 2.31 bits per heavy atom. The fraction of sp³-hybridized carbons (Fsp3) is 0.190. The fourth-order valence-electron chi connectivity index (χ4n) is 3.02. The van der Waals surface area contributed by atoms with E-state index in [-0.39, 0.29) is 21.1 Å². The van der Waals surface area contributed by atoms with E-state index in [0.717, 1.165) is 24.3 Å². The van der Waals surface area contributed by atoms with Crippen LogP contribution in [0.15, 0.2) is 76.8 Å². The number of benzene rings is 2. The van der Waals surface area contributed by atoms with Crippen molar-refractivity contribution in [1.82, 2.24) is 9.71 Å². The third kappa shape index (κ3) is 5.06. The number of ether oxygens (including phenoxy) is 2. The number of hydrogen-bond donors (Lipinski definition) is 1. The second-order valence-corrected chi connectivity index (χ2v) is 10.5. The van der Waals surface area contributed by atoms with Crippen LogP contribution in [0.2, 0.25) is 0 Å². The highest BCUT2D eigenvalue weighted by Crippen LogP contribution is 2.31. The summed E-state index contributed by atoms with van der Waals surface area (Å²) in [5, 5.41) is -1.30. The minimum Gasteiger partial charge on any atom is -0.497 e. The lowest BCUT2D eigenvalue weighted by atomic mass is 10.2. The van der Waals surface area contributed by atoms with E-state index in [2.05, 4.69) is 9.71 Å². The minimum atomic E-state index is -4.16. The van der Waals surface area contributed by atoms with Crippen molar-refractivity contribution in [3.63, 3.8) is 0 Å². The number of sulfone groups is 1. The van der Waals surface area contributed by atoms with Gasteiger partial charge in [-0.2, -0.15) is 0 Å². The van der Waals surface area contributed by atoms with Crippen molar-refractivity contribution in [1.29, 1.82) is 0 Å². The molecule has 170 valence electrons. The molecule has 1 atom stereocenters. The summed E-state index contributed by atoms with van der Waals surface area (Å²) in [4.78, 5) is 3.62. The zero-order valence-electron chi connectivity index (χ0n) is 17.2. The molecule has 0 saturated carbocycles. The highest BCUT2D eigenvalue weighted by molar-refractivity contribution is 7.92. The first kappa shape index (κ1) is 23.6. The number of sulfonamides is 1. The van der Waals surface area contributed by atoms with Crippen molar-refractivity contribution in [2.24, 2.45) is 0 Å². The van der Waals surface area contributed by atoms with E-state index >= 15 is 0 Å². The van der Waals surface area contributed by atoms with Gasteiger partial charge in [-0.1, -0.05) is 6.07 Å². The van der Waals surface area contributed by atoms with Crippen molar-refractivity contribution >= 4 is 19.9 Å². The Balaban J connectivity index is 1.97. The summed E-state index contributed by atoms with van der Waals surface area (Å²) < 4.78 is 78.4. The van der Waals surface area contributed by atoms with Crippen LogP contribution in [0.5, 0.6) is 11.5 Å². The van der Waals surface area contributed by atoms with Crippen LogP contribution in [0.1, 0.15) is 10.8 Å². The van der Waals surface area contributed by atoms with E-state index in [1.54, 1.807) is 6.07 Å². The topological polar surface area (TPSA) is 112 Å². The first-order valence-corrected chi connectivity index (χ1v) is 12.3. The summed E-state index contributed by atoms with van der Waals surface area (Å²) in [6.07, 6.45) is 2.81. The van der Waals surface area contributed by atoms with Gasteiger partial charge < -0.3 is 9.47 Å². The Bertz CT molecular complexity index is 1280. The van der Waals surface area contributed by atoms with Crippen molar-refractivity contribution in [3.05, 3.63) is 78.4 Å². The first-order chi connectivity index (χ1) is 15.2. The van der Waals surface area contributed by atoms with Crippen LogP contribution < -0.4 is 14.2 Å². The van der Waals surface area contributed by atoms with E-state index < -0.39 is 37.5 Å². The van der Waals surface area contributed by atoms with Crippen molar-refractivity contribution in [3.8, 4) is 11.5 Å². The molecule has 0 aliphatic carbocycles. The van der Waals surface area contributed by atoms with Gasteiger partial charge in [0.1, 0.15) is 27.5 Å². The number of halogens is 1.